The number of anilines is 2. The van der Waals surface area contributed by atoms with E-state index in [1.165, 1.54) is 25.7 Å². The zero-order valence-electron chi connectivity index (χ0n) is 12.9. The molecule has 0 bridgehead atoms. The summed E-state index contributed by atoms with van der Waals surface area (Å²) in [7, 11) is 3.65. The molecule has 0 radical (unpaired) electrons. The predicted molar refractivity (Wildman–Crippen MR) is 80.4 cm³/mol. The molecule has 112 valence electrons. The molecule has 6 heteroatoms. The average molecular weight is 279 g/mol. The van der Waals surface area contributed by atoms with Gasteiger partial charge in [-0.1, -0.05) is 19.8 Å². The van der Waals surface area contributed by atoms with Crippen molar-refractivity contribution in [1.29, 1.82) is 0 Å². The third-order valence-corrected chi connectivity index (χ3v) is 4.00. The Morgan fingerprint density at radius 2 is 2.00 bits per heavy atom. The minimum absolute atomic E-state index is 0.362. The van der Waals surface area contributed by atoms with Gasteiger partial charge in [0, 0.05) is 19.6 Å². The van der Waals surface area contributed by atoms with Gasteiger partial charge in [-0.3, -0.25) is 0 Å². The summed E-state index contributed by atoms with van der Waals surface area (Å²) >= 11 is 0. The first-order chi connectivity index (χ1) is 9.65. The Bertz CT molecular complexity index is 440. The lowest BCUT2D eigenvalue weighted by molar-refractivity contribution is 0.317. The number of rotatable bonds is 5. The van der Waals surface area contributed by atoms with Gasteiger partial charge in [-0.15, -0.1) is 0 Å². The van der Waals surface area contributed by atoms with E-state index < -0.39 is 0 Å². The summed E-state index contributed by atoms with van der Waals surface area (Å²) in [5.41, 5.74) is 0. The molecular formula is C14H25N5O. The van der Waals surface area contributed by atoms with E-state index in [0.29, 0.717) is 29.9 Å². The maximum atomic E-state index is 5.18. The molecule has 2 rings (SSSR count). The lowest BCUT2D eigenvalue weighted by Crippen LogP contribution is -2.40. The van der Waals surface area contributed by atoms with Crippen molar-refractivity contribution < 1.29 is 4.74 Å². The Hall–Kier alpha value is -1.59. The molecule has 1 heterocycles. The van der Waals surface area contributed by atoms with Crippen LogP contribution in [-0.4, -0.2) is 41.7 Å². The lowest BCUT2D eigenvalue weighted by Gasteiger charge is -2.36. The van der Waals surface area contributed by atoms with Gasteiger partial charge in [0.05, 0.1) is 7.11 Å². The molecule has 0 aliphatic heterocycles. The van der Waals surface area contributed by atoms with Crippen LogP contribution >= 0.6 is 0 Å². The molecule has 1 N–H and O–H groups in total. The highest BCUT2D eigenvalue weighted by molar-refractivity contribution is 5.38. The molecule has 2 unspecified atom stereocenters. The minimum Gasteiger partial charge on any atom is -0.467 e. The fourth-order valence-corrected chi connectivity index (χ4v) is 2.85. The lowest BCUT2D eigenvalue weighted by atomic mass is 9.85. The van der Waals surface area contributed by atoms with Gasteiger partial charge in [0.25, 0.3) is 0 Å². The highest BCUT2D eigenvalue weighted by Crippen LogP contribution is 2.29. The largest absolute Gasteiger partial charge is 0.467 e. The van der Waals surface area contributed by atoms with Crippen molar-refractivity contribution in [2.24, 2.45) is 5.92 Å². The topological polar surface area (TPSA) is 63.2 Å². The fourth-order valence-electron chi connectivity index (χ4n) is 2.85. The van der Waals surface area contributed by atoms with Gasteiger partial charge in [-0.25, -0.2) is 0 Å². The molecule has 20 heavy (non-hydrogen) atoms. The van der Waals surface area contributed by atoms with E-state index in [9.17, 15) is 0 Å². The van der Waals surface area contributed by atoms with Gasteiger partial charge < -0.3 is 15.0 Å². The quantitative estimate of drug-likeness (QED) is 0.892. The summed E-state index contributed by atoms with van der Waals surface area (Å²) in [5, 5.41) is 3.12. The molecule has 2 atom stereocenters. The van der Waals surface area contributed by atoms with Crippen LogP contribution in [0.15, 0.2) is 0 Å². The molecule has 0 amide bonds. The molecule has 1 aliphatic carbocycles. The Labute approximate surface area is 121 Å². The number of nitrogens with one attached hydrogen (secondary N) is 1. The summed E-state index contributed by atoms with van der Waals surface area (Å²) in [6.45, 7) is 5.10. The van der Waals surface area contributed by atoms with Crippen molar-refractivity contribution in [3.8, 4) is 6.01 Å². The SMILES string of the molecule is CCNc1nc(OC)nc(N(C)C2CCCCC2C)n1. The number of aromatic nitrogens is 3. The maximum Gasteiger partial charge on any atom is 0.322 e. The van der Waals surface area contributed by atoms with Crippen LogP contribution in [-0.2, 0) is 0 Å². The van der Waals surface area contributed by atoms with Gasteiger partial charge >= 0.3 is 6.01 Å². The van der Waals surface area contributed by atoms with E-state index in [1.807, 2.05) is 6.92 Å². The van der Waals surface area contributed by atoms with Crippen LogP contribution in [0.4, 0.5) is 11.9 Å². The zero-order chi connectivity index (χ0) is 14.5. The predicted octanol–water partition coefficient (Wildman–Crippen LogP) is 2.33. The minimum atomic E-state index is 0.362. The Balaban J connectivity index is 2.23. The van der Waals surface area contributed by atoms with Crippen LogP contribution < -0.4 is 15.0 Å². The first-order valence-corrected chi connectivity index (χ1v) is 7.42. The van der Waals surface area contributed by atoms with Crippen LogP contribution in [0.5, 0.6) is 6.01 Å². The van der Waals surface area contributed by atoms with E-state index in [2.05, 4.69) is 39.1 Å². The fraction of sp³-hybridized carbons (Fsp3) is 0.786. The van der Waals surface area contributed by atoms with E-state index in [4.69, 9.17) is 4.74 Å². The van der Waals surface area contributed by atoms with Crippen molar-refractivity contribution in [3.63, 3.8) is 0 Å². The normalized spacial score (nSPS) is 22.4. The molecule has 1 aliphatic rings. The highest BCUT2D eigenvalue weighted by atomic mass is 16.5. The van der Waals surface area contributed by atoms with E-state index in [-0.39, 0.29) is 0 Å². The Morgan fingerprint density at radius 1 is 1.25 bits per heavy atom. The van der Waals surface area contributed by atoms with Gasteiger partial charge in [0.15, 0.2) is 0 Å². The van der Waals surface area contributed by atoms with Crippen LogP contribution in [0.25, 0.3) is 0 Å². The number of nitrogens with zero attached hydrogens (tertiary/aromatic N) is 4. The second kappa shape index (κ2) is 6.72. The van der Waals surface area contributed by atoms with E-state index >= 15 is 0 Å². The third kappa shape index (κ3) is 3.29. The second-order valence-corrected chi connectivity index (χ2v) is 5.42. The molecule has 0 saturated heterocycles. The smallest absolute Gasteiger partial charge is 0.322 e. The number of hydrogen-bond acceptors (Lipinski definition) is 6. The Kier molecular flexibility index (Phi) is 4.98. The van der Waals surface area contributed by atoms with Crippen LogP contribution in [0.2, 0.25) is 0 Å². The van der Waals surface area contributed by atoms with Crippen LogP contribution in [0.1, 0.15) is 39.5 Å². The van der Waals surface area contributed by atoms with Gasteiger partial charge in [-0.05, 0) is 25.7 Å². The molecule has 1 fully saturated rings. The number of methoxy groups -OCH3 is 1. The summed E-state index contributed by atoms with van der Waals surface area (Å²) in [6, 6.07) is 0.853. The third-order valence-electron chi connectivity index (χ3n) is 4.00. The van der Waals surface area contributed by atoms with Gasteiger partial charge in [-0.2, -0.15) is 15.0 Å². The van der Waals surface area contributed by atoms with Crippen molar-refractivity contribution >= 4 is 11.9 Å². The Morgan fingerprint density at radius 3 is 2.65 bits per heavy atom. The summed E-state index contributed by atoms with van der Waals surface area (Å²) < 4.78 is 5.18. The summed E-state index contributed by atoms with van der Waals surface area (Å²) in [6.07, 6.45) is 5.08. The molecule has 6 nitrogen and oxygen atoms in total. The average Bonchev–Trinajstić information content (AvgIpc) is 2.47. The van der Waals surface area contributed by atoms with Gasteiger partial charge in [0.1, 0.15) is 0 Å². The van der Waals surface area contributed by atoms with E-state index in [0.717, 1.165) is 6.54 Å². The molecule has 1 aromatic rings. The highest BCUT2D eigenvalue weighted by Gasteiger charge is 2.27. The summed E-state index contributed by atoms with van der Waals surface area (Å²) in [5.74, 6) is 1.93. The second-order valence-electron chi connectivity index (χ2n) is 5.42. The van der Waals surface area contributed by atoms with Crippen LogP contribution in [0, 0.1) is 5.92 Å². The van der Waals surface area contributed by atoms with Crippen LogP contribution in [0.3, 0.4) is 0 Å². The standard InChI is InChI=1S/C14H25N5O/c1-5-15-12-16-13(18-14(17-12)20-4)19(3)11-9-7-6-8-10(11)2/h10-11H,5-9H2,1-4H3,(H,15,16,17,18). The van der Waals surface area contributed by atoms with Gasteiger partial charge in [0.2, 0.25) is 11.9 Å². The van der Waals surface area contributed by atoms with E-state index in [1.54, 1.807) is 7.11 Å². The first-order valence-electron chi connectivity index (χ1n) is 7.42. The molecule has 0 aromatic carbocycles. The molecule has 0 spiro atoms. The monoisotopic (exact) mass is 279 g/mol. The molecule has 1 saturated carbocycles. The zero-order valence-corrected chi connectivity index (χ0v) is 12.9. The van der Waals surface area contributed by atoms with Crippen molar-refractivity contribution in [1.82, 2.24) is 15.0 Å². The first kappa shape index (κ1) is 14.8. The van der Waals surface area contributed by atoms with Crippen molar-refractivity contribution in [3.05, 3.63) is 0 Å². The molecule has 1 aromatic heterocycles. The number of ether oxygens (including phenoxy) is 1. The number of hydrogen-bond donors (Lipinski definition) is 1. The van der Waals surface area contributed by atoms with Crippen molar-refractivity contribution in [2.75, 3.05) is 30.9 Å². The van der Waals surface area contributed by atoms with Crippen molar-refractivity contribution in [2.45, 2.75) is 45.6 Å². The molecular weight excluding hydrogens is 254 g/mol. The maximum absolute atomic E-state index is 5.18. The summed E-state index contributed by atoms with van der Waals surface area (Å²) in [4.78, 5) is 15.3.